The van der Waals surface area contributed by atoms with Crippen LogP contribution in [-0.4, -0.2) is 16.9 Å². The van der Waals surface area contributed by atoms with Gasteiger partial charge in [-0.25, -0.2) is 0 Å². The number of hydrogen-bond donors (Lipinski definition) is 1. The van der Waals surface area contributed by atoms with Gasteiger partial charge in [-0.1, -0.05) is 50.5 Å². The van der Waals surface area contributed by atoms with Crippen LogP contribution in [0.15, 0.2) is 60.3 Å². The van der Waals surface area contributed by atoms with Crippen LogP contribution in [0.2, 0.25) is 0 Å². The molecule has 156 valence electrons. The van der Waals surface area contributed by atoms with Gasteiger partial charge in [0.15, 0.2) is 0 Å². The second-order valence-corrected chi connectivity index (χ2v) is 8.45. The Morgan fingerprint density at radius 1 is 1.21 bits per heavy atom. The van der Waals surface area contributed by atoms with Crippen LogP contribution in [0.5, 0.6) is 0 Å². The smallest absolute Gasteiger partial charge is 0.244 e. The predicted molar refractivity (Wildman–Crippen MR) is 125 cm³/mol. The first-order valence-corrected chi connectivity index (χ1v) is 11.7. The highest BCUT2D eigenvalue weighted by molar-refractivity contribution is 7.11. The van der Waals surface area contributed by atoms with Crippen molar-refractivity contribution in [3.63, 3.8) is 0 Å². The Hall–Kier alpha value is -2.20. The van der Waals surface area contributed by atoms with Gasteiger partial charge >= 0.3 is 0 Å². The van der Waals surface area contributed by atoms with E-state index in [1.165, 1.54) is 41.7 Å². The molecule has 0 saturated carbocycles. The lowest BCUT2D eigenvalue weighted by Crippen LogP contribution is -2.31. The number of aryl methyl sites for hydroxylation is 1. The fourth-order valence-electron chi connectivity index (χ4n) is 3.27. The average Bonchev–Trinajstić information content (AvgIpc) is 3.25. The Balaban J connectivity index is 1.77. The Morgan fingerprint density at radius 3 is 2.83 bits per heavy atom. The van der Waals surface area contributed by atoms with Crippen LogP contribution in [0.1, 0.15) is 69.2 Å². The van der Waals surface area contributed by atoms with E-state index >= 15 is 0 Å². The number of thiophene rings is 1. The highest BCUT2D eigenvalue weighted by atomic mass is 32.1. The van der Waals surface area contributed by atoms with Crippen molar-refractivity contribution < 1.29 is 4.79 Å². The van der Waals surface area contributed by atoms with E-state index in [4.69, 9.17) is 0 Å². The minimum Gasteiger partial charge on any atom is -0.350 e. The zero-order chi connectivity index (χ0) is 20.7. The molecule has 0 unspecified atom stereocenters. The maximum absolute atomic E-state index is 12.2. The van der Waals surface area contributed by atoms with Crippen LogP contribution in [-0.2, 0) is 11.2 Å². The summed E-state index contributed by atoms with van der Waals surface area (Å²) in [5, 5.41) is 5.18. The van der Waals surface area contributed by atoms with E-state index in [1.54, 1.807) is 23.6 Å². The number of nitrogens with one attached hydrogen (secondary N) is 1. The molecule has 29 heavy (non-hydrogen) atoms. The third-order valence-corrected chi connectivity index (χ3v) is 5.84. The SMILES string of the molecule is CCCCCC/C(=C\C=C\C(=O)N[C@H](C)CCCc1cccnc1)c1cccs1. The molecule has 0 spiro atoms. The van der Waals surface area contributed by atoms with E-state index in [9.17, 15) is 4.79 Å². The van der Waals surface area contributed by atoms with E-state index in [0.29, 0.717) is 0 Å². The zero-order valence-electron chi connectivity index (χ0n) is 17.8. The molecule has 3 nitrogen and oxygen atoms in total. The Morgan fingerprint density at radius 2 is 2.10 bits per heavy atom. The molecule has 0 fully saturated rings. The number of carbonyl (C=O) groups is 1. The van der Waals surface area contributed by atoms with Gasteiger partial charge in [-0.15, -0.1) is 11.3 Å². The van der Waals surface area contributed by atoms with Crippen LogP contribution in [0.3, 0.4) is 0 Å². The Kier molecular flexibility index (Phi) is 11.1. The summed E-state index contributed by atoms with van der Waals surface area (Å²) >= 11 is 1.76. The van der Waals surface area contributed by atoms with Gasteiger partial charge in [-0.05, 0) is 67.7 Å². The van der Waals surface area contributed by atoms with Gasteiger partial charge in [0.1, 0.15) is 0 Å². The normalized spacial score (nSPS) is 13.0. The van der Waals surface area contributed by atoms with Crippen LogP contribution < -0.4 is 5.32 Å². The van der Waals surface area contributed by atoms with Gasteiger partial charge in [0.25, 0.3) is 0 Å². The van der Waals surface area contributed by atoms with Gasteiger partial charge in [0.05, 0.1) is 0 Å². The fourth-order valence-corrected chi connectivity index (χ4v) is 4.05. The Bertz CT molecular complexity index is 750. The minimum absolute atomic E-state index is 0.0216. The number of unbranched alkanes of at least 4 members (excludes halogenated alkanes) is 3. The molecule has 0 radical (unpaired) electrons. The maximum atomic E-state index is 12.2. The maximum Gasteiger partial charge on any atom is 0.244 e. The summed E-state index contributed by atoms with van der Waals surface area (Å²) in [6, 6.07) is 8.47. The summed E-state index contributed by atoms with van der Waals surface area (Å²) < 4.78 is 0. The number of aromatic nitrogens is 1. The molecule has 1 amide bonds. The fraction of sp³-hybridized carbons (Fsp3) is 0.440. The molecule has 4 heteroatoms. The van der Waals surface area contributed by atoms with Crippen molar-refractivity contribution >= 4 is 22.8 Å². The van der Waals surface area contributed by atoms with E-state index in [1.807, 2.05) is 18.3 Å². The summed E-state index contributed by atoms with van der Waals surface area (Å²) in [7, 11) is 0. The monoisotopic (exact) mass is 410 g/mol. The lowest BCUT2D eigenvalue weighted by Gasteiger charge is -2.12. The summed E-state index contributed by atoms with van der Waals surface area (Å²) in [5.74, 6) is -0.0216. The first kappa shape index (κ1) is 23.1. The van der Waals surface area contributed by atoms with E-state index in [0.717, 1.165) is 25.7 Å². The highest BCUT2D eigenvalue weighted by Gasteiger charge is 2.05. The predicted octanol–water partition coefficient (Wildman–Crippen LogP) is 6.58. The third-order valence-electron chi connectivity index (χ3n) is 4.90. The molecule has 0 bridgehead atoms. The number of carbonyl (C=O) groups excluding carboxylic acids is 1. The van der Waals surface area contributed by atoms with Crippen molar-refractivity contribution in [2.75, 3.05) is 0 Å². The van der Waals surface area contributed by atoms with Crippen LogP contribution >= 0.6 is 11.3 Å². The number of hydrogen-bond acceptors (Lipinski definition) is 3. The second-order valence-electron chi connectivity index (χ2n) is 7.50. The molecule has 1 atom stereocenters. The molecule has 1 N–H and O–H groups in total. The number of amides is 1. The minimum atomic E-state index is -0.0216. The number of allylic oxidation sites excluding steroid dienone is 3. The van der Waals surface area contributed by atoms with Gasteiger partial charge in [0.2, 0.25) is 5.91 Å². The standard InChI is InChI=1S/C25H34N2OS/c1-3-4-5-6-14-23(24-16-10-19-29-24)15-8-17-25(28)27-21(2)11-7-12-22-13-9-18-26-20-22/h8-10,13,15-21H,3-7,11-12,14H2,1-2H3,(H,27,28)/b17-8+,23-15+/t21-/m1/s1. The number of nitrogens with zero attached hydrogens (tertiary/aromatic N) is 1. The quantitative estimate of drug-likeness (QED) is 0.230. The van der Waals surface area contributed by atoms with Gasteiger partial charge < -0.3 is 5.32 Å². The summed E-state index contributed by atoms with van der Waals surface area (Å²) in [4.78, 5) is 17.7. The molecule has 2 aromatic rings. The largest absolute Gasteiger partial charge is 0.350 e. The summed E-state index contributed by atoms with van der Waals surface area (Å²) in [6.07, 6.45) is 18.4. The third kappa shape index (κ3) is 9.71. The van der Waals surface area contributed by atoms with Crippen molar-refractivity contribution in [1.29, 1.82) is 0 Å². The van der Waals surface area contributed by atoms with Crippen LogP contribution in [0.4, 0.5) is 0 Å². The zero-order valence-corrected chi connectivity index (χ0v) is 18.6. The van der Waals surface area contributed by atoms with Crippen molar-refractivity contribution in [2.24, 2.45) is 0 Å². The van der Waals surface area contributed by atoms with E-state index in [-0.39, 0.29) is 11.9 Å². The molecule has 2 heterocycles. The van der Waals surface area contributed by atoms with Crippen molar-refractivity contribution in [3.05, 3.63) is 70.7 Å². The van der Waals surface area contributed by atoms with E-state index < -0.39 is 0 Å². The van der Waals surface area contributed by atoms with Gasteiger partial charge in [-0.3, -0.25) is 9.78 Å². The molecule has 0 aliphatic heterocycles. The molecule has 0 aromatic carbocycles. The lowest BCUT2D eigenvalue weighted by molar-refractivity contribution is -0.117. The molecule has 2 aromatic heterocycles. The Labute approximate surface area is 180 Å². The first-order valence-electron chi connectivity index (χ1n) is 10.8. The summed E-state index contributed by atoms with van der Waals surface area (Å²) in [6.45, 7) is 4.30. The molecule has 2 rings (SSSR count). The van der Waals surface area contributed by atoms with Gasteiger partial charge in [-0.2, -0.15) is 0 Å². The van der Waals surface area contributed by atoms with Crippen LogP contribution in [0.25, 0.3) is 5.57 Å². The first-order chi connectivity index (χ1) is 14.2. The number of pyridine rings is 1. The number of rotatable bonds is 13. The van der Waals surface area contributed by atoms with E-state index in [2.05, 4.69) is 53.8 Å². The van der Waals surface area contributed by atoms with Gasteiger partial charge in [0, 0.05) is 29.4 Å². The summed E-state index contributed by atoms with van der Waals surface area (Å²) in [5.41, 5.74) is 2.57. The molecular formula is C25H34N2OS. The lowest BCUT2D eigenvalue weighted by atomic mass is 10.0. The van der Waals surface area contributed by atoms with Crippen molar-refractivity contribution in [3.8, 4) is 0 Å². The second kappa shape index (κ2) is 13.9. The van der Waals surface area contributed by atoms with Crippen LogP contribution in [0, 0.1) is 0 Å². The molecule has 0 aliphatic carbocycles. The van der Waals surface area contributed by atoms with Crippen molar-refractivity contribution in [2.45, 2.75) is 71.3 Å². The molecule has 0 saturated heterocycles. The molecule has 0 aliphatic rings. The highest BCUT2D eigenvalue weighted by Crippen LogP contribution is 2.25. The average molecular weight is 411 g/mol. The topological polar surface area (TPSA) is 42.0 Å². The molecular weight excluding hydrogens is 376 g/mol. The van der Waals surface area contributed by atoms with Crippen molar-refractivity contribution in [1.82, 2.24) is 10.3 Å².